The molecular formula is C17H25FN+. The molecule has 0 bridgehead atoms. The lowest BCUT2D eigenvalue weighted by Gasteiger charge is -2.35. The third kappa shape index (κ3) is 3.66. The summed E-state index contributed by atoms with van der Waals surface area (Å²) in [4.78, 5) is 0. The van der Waals surface area contributed by atoms with E-state index in [1.165, 1.54) is 25.9 Å². The molecule has 1 aromatic carbocycles. The third-order valence-corrected chi connectivity index (χ3v) is 4.26. The van der Waals surface area contributed by atoms with Crippen molar-refractivity contribution in [3.8, 4) is 0 Å². The molecule has 1 aliphatic heterocycles. The molecule has 0 aliphatic carbocycles. The van der Waals surface area contributed by atoms with Gasteiger partial charge < -0.3 is 4.48 Å². The van der Waals surface area contributed by atoms with Gasteiger partial charge in [0.15, 0.2) is 0 Å². The van der Waals surface area contributed by atoms with E-state index in [1.807, 2.05) is 18.2 Å². The quantitative estimate of drug-likeness (QED) is 0.540. The lowest BCUT2D eigenvalue weighted by Crippen LogP contribution is -2.48. The summed E-state index contributed by atoms with van der Waals surface area (Å²) in [5, 5.41) is 0. The lowest BCUT2D eigenvalue weighted by atomic mass is 9.99. The van der Waals surface area contributed by atoms with E-state index in [4.69, 9.17) is 0 Å². The molecule has 2 rings (SSSR count). The van der Waals surface area contributed by atoms with E-state index in [0.29, 0.717) is 5.92 Å². The van der Waals surface area contributed by atoms with Crippen LogP contribution in [0.3, 0.4) is 0 Å². The average molecular weight is 262 g/mol. The fourth-order valence-corrected chi connectivity index (χ4v) is 3.48. The summed E-state index contributed by atoms with van der Waals surface area (Å²) >= 11 is 0. The van der Waals surface area contributed by atoms with Crippen molar-refractivity contribution in [1.29, 1.82) is 0 Å². The van der Waals surface area contributed by atoms with Gasteiger partial charge in [0.05, 0.1) is 26.2 Å². The summed E-state index contributed by atoms with van der Waals surface area (Å²) in [5.41, 5.74) is 0.853. The third-order valence-electron chi connectivity index (χ3n) is 4.26. The number of halogens is 1. The summed E-state index contributed by atoms with van der Waals surface area (Å²) < 4.78 is 14.8. The molecule has 0 radical (unpaired) electrons. The van der Waals surface area contributed by atoms with Gasteiger partial charge in [-0.2, -0.15) is 0 Å². The largest absolute Gasteiger partial charge is 0.320 e. The van der Waals surface area contributed by atoms with Gasteiger partial charge in [-0.15, -0.1) is 0 Å². The Hall–Kier alpha value is -1.15. The van der Waals surface area contributed by atoms with Gasteiger partial charge in [0.25, 0.3) is 0 Å². The van der Waals surface area contributed by atoms with E-state index < -0.39 is 0 Å². The standard InChI is InChI=1S/C17H25FN/c1-3-10-19(11-6-7-12-19)14-15(2)13-16-8-4-5-9-17(16)18/h3-5,8-9,15H,1,6-7,10-14H2,2H3/q+1. The van der Waals surface area contributed by atoms with Crippen molar-refractivity contribution >= 4 is 0 Å². The maximum absolute atomic E-state index is 13.7. The number of hydrogen-bond donors (Lipinski definition) is 0. The Morgan fingerprint density at radius 3 is 2.63 bits per heavy atom. The van der Waals surface area contributed by atoms with Gasteiger partial charge in [0, 0.05) is 18.8 Å². The molecule has 104 valence electrons. The first-order valence-electron chi connectivity index (χ1n) is 7.35. The monoisotopic (exact) mass is 262 g/mol. The minimum absolute atomic E-state index is 0.0638. The van der Waals surface area contributed by atoms with Crippen LogP contribution in [0.15, 0.2) is 36.9 Å². The van der Waals surface area contributed by atoms with Crippen molar-refractivity contribution in [1.82, 2.24) is 0 Å². The molecule has 1 aromatic rings. The Morgan fingerprint density at radius 2 is 2.00 bits per heavy atom. The minimum atomic E-state index is -0.0638. The highest BCUT2D eigenvalue weighted by Gasteiger charge is 2.32. The van der Waals surface area contributed by atoms with Gasteiger partial charge >= 0.3 is 0 Å². The second-order valence-electron chi connectivity index (χ2n) is 6.05. The van der Waals surface area contributed by atoms with E-state index in [1.54, 1.807) is 12.1 Å². The molecule has 0 saturated carbocycles. The fraction of sp³-hybridized carbons (Fsp3) is 0.529. The summed E-state index contributed by atoms with van der Waals surface area (Å²) in [6.07, 6.45) is 5.52. The van der Waals surface area contributed by atoms with Crippen LogP contribution >= 0.6 is 0 Å². The lowest BCUT2D eigenvalue weighted by molar-refractivity contribution is -0.914. The van der Waals surface area contributed by atoms with Crippen LogP contribution in [0.4, 0.5) is 4.39 Å². The topological polar surface area (TPSA) is 0 Å². The Labute approximate surface area is 116 Å². The molecule has 1 aliphatic rings. The van der Waals surface area contributed by atoms with E-state index in [9.17, 15) is 4.39 Å². The SMILES string of the molecule is C=CC[N+]1(CC(C)Cc2ccccc2F)CCCC1. The molecule has 1 unspecified atom stereocenters. The molecule has 1 saturated heterocycles. The molecule has 0 aromatic heterocycles. The van der Waals surface area contributed by atoms with Crippen molar-refractivity contribution in [3.05, 3.63) is 48.3 Å². The molecule has 0 spiro atoms. The summed E-state index contributed by atoms with van der Waals surface area (Å²) in [7, 11) is 0. The predicted molar refractivity (Wildman–Crippen MR) is 78.4 cm³/mol. The van der Waals surface area contributed by atoms with Crippen molar-refractivity contribution in [2.75, 3.05) is 26.2 Å². The average Bonchev–Trinajstić information content (AvgIpc) is 2.81. The molecule has 0 amide bonds. The van der Waals surface area contributed by atoms with E-state index >= 15 is 0 Å². The van der Waals surface area contributed by atoms with Gasteiger partial charge in [-0.3, -0.25) is 0 Å². The highest BCUT2D eigenvalue weighted by molar-refractivity contribution is 5.17. The smallest absolute Gasteiger partial charge is 0.126 e. The maximum atomic E-state index is 13.7. The number of nitrogens with zero attached hydrogens (tertiary/aromatic N) is 1. The van der Waals surface area contributed by atoms with Crippen molar-refractivity contribution < 1.29 is 8.87 Å². The number of rotatable bonds is 6. The van der Waals surface area contributed by atoms with Gasteiger partial charge in [0.1, 0.15) is 5.82 Å². The zero-order chi connectivity index (χ0) is 13.7. The predicted octanol–water partition coefficient (Wildman–Crippen LogP) is 3.80. The molecular weight excluding hydrogens is 237 g/mol. The zero-order valence-electron chi connectivity index (χ0n) is 11.9. The van der Waals surface area contributed by atoms with Crippen LogP contribution in [0.1, 0.15) is 25.3 Å². The first-order valence-corrected chi connectivity index (χ1v) is 7.35. The summed E-state index contributed by atoms with van der Waals surface area (Å²) in [5.74, 6) is 0.445. The van der Waals surface area contributed by atoms with E-state index in [0.717, 1.165) is 29.6 Å². The van der Waals surface area contributed by atoms with Crippen molar-refractivity contribution in [3.63, 3.8) is 0 Å². The van der Waals surface area contributed by atoms with Crippen LogP contribution in [-0.4, -0.2) is 30.7 Å². The van der Waals surface area contributed by atoms with Crippen LogP contribution in [-0.2, 0) is 6.42 Å². The minimum Gasteiger partial charge on any atom is -0.320 e. The second-order valence-corrected chi connectivity index (χ2v) is 6.05. The number of likely N-dealkylation sites (tertiary alicyclic amines) is 1. The number of hydrogen-bond acceptors (Lipinski definition) is 0. The zero-order valence-corrected chi connectivity index (χ0v) is 11.9. The summed E-state index contributed by atoms with van der Waals surface area (Å²) in [6.45, 7) is 10.9. The molecule has 1 atom stereocenters. The van der Waals surface area contributed by atoms with Gasteiger partial charge in [-0.1, -0.05) is 31.7 Å². The number of benzene rings is 1. The van der Waals surface area contributed by atoms with Crippen LogP contribution in [0.5, 0.6) is 0 Å². The Bertz CT molecular complexity index is 421. The van der Waals surface area contributed by atoms with Gasteiger partial charge in [-0.25, -0.2) is 4.39 Å². The molecule has 1 heterocycles. The van der Waals surface area contributed by atoms with Crippen LogP contribution < -0.4 is 0 Å². The van der Waals surface area contributed by atoms with Gasteiger partial charge in [0.2, 0.25) is 0 Å². The molecule has 19 heavy (non-hydrogen) atoms. The Kier molecular flexibility index (Phi) is 4.76. The van der Waals surface area contributed by atoms with Crippen molar-refractivity contribution in [2.45, 2.75) is 26.2 Å². The molecule has 0 N–H and O–H groups in total. The van der Waals surface area contributed by atoms with E-state index in [2.05, 4.69) is 13.5 Å². The van der Waals surface area contributed by atoms with Crippen molar-refractivity contribution in [2.24, 2.45) is 5.92 Å². The van der Waals surface area contributed by atoms with Crippen LogP contribution in [0.25, 0.3) is 0 Å². The normalized spacial score (nSPS) is 19.3. The molecule has 1 nitrogen and oxygen atoms in total. The number of quaternary nitrogens is 1. The van der Waals surface area contributed by atoms with Gasteiger partial charge in [-0.05, 0) is 24.1 Å². The van der Waals surface area contributed by atoms with Crippen LogP contribution in [0.2, 0.25) is 0 Å². The molecule has 1 fully saturated rings. The van der Waals surface area contributed by atoms with Crippen LogP contribution in [0, 0.1) is 11.7 Å². The second kappa shape index (κ2) is 6.33. The Morgan fingerprint density at radius 1 is 1.32 bits per heavy atom. The highest BCUT2D eigenvalue weighted by Crippen LogP contribution is 2.23. The molecule has 2 heteroatoms. The summed E-state index contributed by atoms with van der Waals surface area (Å²) in [6, 6.07) is 7.16. The highest BCUT2D eigenvalue weighted by atomic mass is 19.1. The fourth-order valence-electron chi connectivity index (χ4n) is 3.48. The first kappa shape index (κ1) is 14.3. The maximum Gasteiger partial charge on any atom is 0.126 e. The van der Waals surface area contributed by atoms with E-state index in [-0.39, 0.29) is 5.82 Å². The first-order chi connectivity index (χ1) is 9.15. The Balaban J connectivity index is 1.98.